The lowest BCUT2D eigenvalue weighted by Gasteiger charge is -2.31. The summed E-state index contributed by atoms with van der Waals surface area (Å²) in [5, 5.41) is 0.528. The molecule has 1 heterocycles. The molecule has 39 heavy (non-hydrogen) atoms. The third-order valence-corrected chi connectivity index (χ3v) is 7.16. The third-order valence-electron chi connectivity index (χ3n) is 7.16. The minimum absolute atomic E-state index is 0.167. The van der Waals surface area contributed by atoms with E-state index in [0.717, 1.165) is 22.4 Å². The summed E-state index contributed by atoms with van der Waals surface area (Å²) in [6, 6.07) is 29.7. The second-order valence-electron chi connectivity index (χ2n) is 9.72. The highest BCUT2D eigenvalue weighted by molar-refractivity contribution is 5.95. The molecule has 1 atom stereocenters. The predicted molar refractivity (Wildman–Crippen MR) is 155 cm³/mol. The zero-order valence-electron chi connectivity index (χ0n) is 22.6. The number of hydrogen-bond donors (Lipinski definition) is 0. The van der Waals surface area contributed by atoms with Gasteiger partial charge in [-0.2, -0.15) is 0 Å². The molecule has 0 spiro atoms. The number of benzene rings is 4. The normalized spacial score (nSPS) is 11.8. The van der Waals surface area contributed by atoms with Crippen LogP contribution in [0.25, 0.3) is 16.6 Å². The first kappa shape index (κ1) is 25.9. The monoisotopic (exact) mass is 517 g/mol. The third kappa shape index (κ3) is 5.18. The van der Waals surface area contributed by atoms with Crippen LogP contribution in [0.2, 0.25) is 0 Å². The van der Waals surface area contributed by atoms with Crippen LogP contribution in [0.5, 0.6) is 5.75 Å². The molecule has 1 aromatic heterocycles. The Labute approximate surface area is 228 Å². The van der Waals surface area contributed by atoms with Gasteiger partial charge in [-0.25, -0.2) is 4.98 Å². The van der Waals surface area contributed by atoms with E-state index in [-0.39, 0.29) is 11.5 Å². The minimum atomic E-state index is -0.539. The van der Waals surface area contributed by atoms with Crippen LogP contribution in [-0.2, 0) is 6.54 Å². The molecule has 0 aliphatic carbocycles. The maximum Gasteiger partial charge on any atom is 0.266 e. The highest BCUT2D eigenvalue weighted by Crippen LogP contribution is 2.28. The molecule has 0 aliphatic rings. The van der Waals surface area contributed by atoms with Crippen LogP contribution >= 0.6 is 0 Å². The van der Waals surface area contributed by atoms with E-state index in [4.69, 9.17) is 9.72 Å². The Kier molecular flexibility index (Phi) is 7.28. The van der Waals surface area contributed by atoms with Gasteiger partial charge in [0.25, 0.3) is 11.5 Å². The molecule has 1 amide bonds. The zero-order valence-corrected chi connectivity index (χ0v) is 22.6. The van der Waals surface area contributed by atoms with Crippen LogP contribution in [0.1, 0.15) is 45.8 Å². The van der Waals surface area contributed by atoms with Gasteiger partial charge in [-0.1, -0.05) is 54.6 Å². The molecule has 0 N–H and O–H groups in total. The molecule has 0 saturated heterocycles. The van der Waals surface area contributed by atoms with Crippen molar-refractivity contribution in [3.63, 3.8) is 0 Å². The molecule has 196 valence electrons. The maximum absolute atomic E-state index is 14.1. The van der Waals surface area contributed by atoms with E-state index >= 15 is 0 Å². The maximum atomic E-state index is 14.1. The van der Waals surface area contributed by atoms with Gasteiger partial charge < -0.3 is 9.64 Å². The van der Waals surface area contributed by atoms with Gasteiger partial charge in [0.15, 0.2) is 0 Å². The van der Waals surface area contributed by atoms with Gasteiger partial charge in [-0.15, -0.1) is 0 Å². The first-order valence-electron chi connectivity index (χ1n) is 13.0. The molecule has 4 aromatic carbocycles. The first-order valence-corrected chi connectivity index (χ1v) is 13.0. The lowest BCUT2D eigenvalue weighted by molar-refractivity contribution is 0.0663. The average molecular weight is 518 g/mol. The van der Waals surface area contributed by atoms with Gasteiger partial charge in [0.2, 0.25) is 0 Å². The number of rotatable bonds is 7. The summed E-state index contributed by atoms with van der Waals surface area (Å²) in [7, 11) is 1.58. The van der Waals surface area contributed by atoms with Crippen molar-refractivity contribution in [1.82, 2.24) is 14.5 Å². The van der Waals surface area contributed by atoms with E-state index in [1.54, 1.807) is 40.8 Å². The van der Waals surface area contributed by atoms with E-state index in [2.05, 4.69) is 0 Å². The zero-order chi connectivity index (χ0) is 27.5. The van der Waals surface area contributed by atoms with Gasteiger partial charge in [0.1, 0.15) is 11.6 Å². The standard InChI is InChI=1S/C33H31N3O3/c1-22-17-18-27(19-23(22)2)36-31(34-30-16-9-8-15-29(30)33(36)38)24(3)35(21-25-11-6-5-7-12-25)32(37)26-13-10-14-28(20-26)39-4/h5-20,24H,21H2,1-4H3. The van der Waals surface area contributed by atoms with Crippen LogP contribution in [0.4, 0.5) is 0 Å². The fourth-order valence-electron chi connectivity index (χ4n) is 4.77. The number of aromatic nitrogens is 2. The van der Waals surface area contributed by atoms with Gasteiger partial charge in [0, 0.05) is 12.1 Å². The SMILES string of the molecule is COc1cccc(C(=O)N(Cc2ccccc2)C(C)c2nc3ccccc3c(=O)n2-c2ccc(C)c(C)c2)c1. The molecule has 0 bridgehead atoms. The van der Waals surface area contributed by atoms with E-state index in [1.807, 2.05) is 93.6 Å². The van der Waals surface area contributed by atoms with Crippen molar-refractivity contribution in [1.29, 1.82) is 0 Å². The Morgan fingerprint density at radius 1 is 0.897 bits per heavy atom. The minimum Gasteiger partial charge on any atom is -0.497 e. The van der Waals surface area contributed by atoms with E-state index < -0.39 is 6.04 Å². The van der Waals surface area contributed by atoms with Crippen LogP contribution in [-0.4, -0.2) is 27.5 Å². The Hall–Kier alpha value is -4.71. The topological polar surface area (TPSA) is 64.4 Å². The van der Waals surface area contributed by atoms with Crippen molar-refractivity contribution in [2.24, 2.45) is 0 Å². The number of para-hydroxylation sites is 1. The van der Waals surface area contributed by atoms with E-state index in [1.165, 1.54) is 0 Å². The summed E-state index contributed by atoms with van der Waals surface area (Å²) in [6.07, 6.45) is 0. The Morgan fingerprint density at radius 3 is 2.38 bits per heavy atom. The van der Waals surface area contributed by atoms with Crippen molar-refractivity contribution in [2.45, 2.75) is 33.4 Å². The number of hydrogen-bond acceptors (Lipinski definition) is 4. The van der Waals surface area contributed by atoms with E-state index in [0.29, 0.717) is 34.6 Å². The number of ether oxygens (including phenoxy) is 1. The largest absolute Gasteiger partial charge is 0.497 e. The molecule has 1 unspecified atom stereocenters. The molecular formula is C33H31N3O3. The molecule has 0 saturated carbocycles. The van der Waals surface area contributed by atoms with Crippen molar-refractivity contribution >= 4 is 16.8 Å². The summed E-state index contributed by atoms with van der Waals surface area (Å²) in [5.41, 5.74) is 4.82. The molecule has 5 rings (SSSR count). The van der Waals surface area contributed by atoms with Crippen molar-refractivity contribution in [3.05, 3.63) is 135 Å². The molecular weight excluding hydrogens is 486 g/mol. The lowest BCUT2D eigenvalue weighted by atomic mass is 10.1. The van der Waals surface area contributed by atoms with Crippen molar-refractivity contribution in [2.75, 3.05) is 7.11 Å². The quantitative estimate of drug-likeness (QED) is 0.250. The predicted octanol–water partition coefficient (Wildman–Crippen LogP) is 6.41. The summed E-state index contributed by atoms with van der Waals surface area (Å²) in [6.45, 7) is 6.33. The summed E-state index contributed by atoms with van der Waals surface area (Å²) in [4.78, 5) is 34.8. The van der Waals surface area contributed by atoms with Gasteiger partial charge >= 0.3 is 0 Å². The number of aryl methyl sites for hydroxylation is 2. The molecule has 5 aromatic rings. The summed E-state index contributed by atoms with van der Waals surface area (Å²) >= 11 is 0. The lowest BCUT2D eigenvalue weighted by Crippen LogP contribution is -2.37. The fourth-order valence-corrected chi connectivity index (χ4v) is 4.77. The van der Waals surface area contributed by atoms with Gasteiger partial charge in [-0.3, -0.25) is 14.2 Å². The number of amides is 1. The van der Waals surface area contributed by atoms with Gasteiger partial charge in [-0.05, 0) is 79.9 Å². The highest BCUT2D eigenvalue weighted by Gasteiger charge is 2.28. The first-order chi connectivity index (χ1) is 18.9. The Bertz CT molecular complexity index is 1710. The summed E-state index contributed by atoms with van der Waals surface area (Å²) in [5.74, 6) is 0.914. The van der Waals surface area contributed by atoms with Gasteiger partial charge in [0.05, 0.1) is 29.7 Å². The number of fused-ring (bicyclic) bond motifs is 1. The average Bonchev–Trinajstić information content (AvgIpc) is 2.97. The number of carbonyl (C=O) groups is 1. The number of methoxy groups -OCH3 is 1. The van der Waals surface area contributed by atoms with Crippen molar-refractivity contribution in [3.8, 4) is 11.4 Å². The number of nitrogens with zero attached hydrogens (tertiary/aromatic N) is 3. The second-order valence-corrected chi connectivity index (χ2v) is 9.72. The molecule has 0 radical (unpaired) electrons. The van der Waals surface area contributed by atoms with Crippen LogP contribution in [0.15, 0.2) is 102 Å². The molecule has 0 fully saturated rings. The number of carbonyl (C=O) groups excluding carboxylic acids is 1. The van der Waals surface area contributed by atoms with Crippen LogP contribution in [0.3, 0.4) is 0 Å². The highest BCUT2D eigenvalue weighted by atomic mass is 16.5. The Balaban J connectivity index is 1.71. The summed E-state index contributed by atoms with van der Waals surface area (Å²) < 4.78 is 7.03. The van der Waals surface area contributed by atoms with Crippen LogP contribution < -0.4 is 10.3 Å². The second kappa shape index (κ2) is 11.0. The van der Waals surface area contributed by atoms with E-state index in [9.17, 15) is 9.59 Å². The smallest absolute Gasteiger partial charge is 0.266 e. The molecule has 0 aliphatic heterocycles. The Morgan fingerprint density at radius 2 is 1.64 bits per heavy atom. The van der Waals surface area contributed by atoms with Crippen molar-refractivity contribution < 1.29 is 9.53 Å². The molecule has 6 nitrogen and oxygen atoms in total. The molecule has 6 heteroatoms. The fraction of sp³-hybridized carbons (Fsp3) is 0.182. The van der Waals surface area contributed by atoms with Crippen LogP contribution in [0, 0.1) is 13.8 Å².